The van der Waals surface area contributed by atoms with Crippen LogP contribution in [0.1, 0.15) is 15.9 Å². The summed E-state index contributed by atoms with van der Waals surface area (Å²) in [4.78, 5) is 24.0. The Hall–Kier alpha value is -3.09. The van der Waals surface area contributed by atoms with Crippen molar-refractivity contribution in [3.05, 3.63) is 82.1 Å². The minimum atomic E-state index is -0.176. The fourth-order valence-electron chi connectivity index (χ4n) is 2.73. The number of carbonyl (C=O) groups excluding carboxylic acids is 1. The van der Waals surface area contributed by atoms with Gasteiger partial charge in [-0.1, -0.05) is 29.3 Å². The van der Waals surface area contributed by atoms with Crippen molar-refractivity contribution in [1.82, 2.24) is 20.3 Å². The Bertz CT molecular complexity index is 1120. The number of carbonyl (C=O) groups is 1. The van der Waals surface area contributed by atoms with Gasteiger partial charge >= 0.3 is 0 Å². The van der Waals surface area contributed by atoms with Gasteiger partial charge in [0, 0.05) is 24.5 Å². The van der Waals surface area contributed by atoms with Crippen molar-refractivity contribution in [1.29, 1.82) is 0 Å². The van der Waals surface area contributed by atoms with Gasteiger partial charge in [-0.3, -0.25) is 9.78 Å². The van der Waals surface area contributed by atoms with E-state index in [1.54, 1.807) is 42.7 Å². The number of aromatic nitrogens is 3. The molecule has 0 fully saturated rings. The summed E-state index contributed by atoms with van der Waals surface area (Å²) in [6, 6.07) is 14.2. The molecule has 0 radical (unpaired) electrons. The zero-order valence-corrected chi connectivity index (χ0v) is 16.1. The molecule has 4 rings (SSSR count). The summed E-state index contributed by atoms with van der Waals surface area (Å²) in [6.07, 6.45) is 3.38. The van der Waals surface area contributed by atoms with Gasteiger partial charge in [0.25, 0.3) is 5.91 Å². The molecule has 0 spiro atoms. The van der Waals surface area contributed by atoms with Crippen molar-refractivity contribution in [3.8, 4) is 0 Å². The lowest BCUT2D eigenvalue weighted by molar-refractivity contribution is 0.0951. The Labute approximate surface area is 170 Å². The lowest BCUT2D eigenvalue weighted by Gasteiger charge is -2.06. The number of anilines is 2. The maximum Gasteiger partial charge on any atom is 0.251 e. The van der Waals surface area contributed by atoms with Gasteiger partial charge in [-0.2, -0.15) is 0 Å². The molecule has 8 heteroatoms. The third kappa shape index (κ3) is 3.93. The molecular weight excluding hydrogens is 397 g/mol. The number of rotatable bonds is 5. The topological polar surface area (TPSA) is 82.7 Å². The van der Waals surface area contributed by atoms with Crippen LogP contribution in [0.5, 0.6) is 0 Å². The van der Waals surface area contributed by atoms with E-state index < -0.39 is 0 Å². The van der Waals surface area contributed by atoms with E-state index in [1.165, 1.54) is 0 Å². The number of imidazole rings is 1. The first kappa shape index (κ1) is 18.3. The average Bonchev–Trinajstić information content (AvgIpc) is 3.11. The number of hydrogen-bond donors (Lipinski definition) is 3. The number of aromatic amines is 1. The van der Waals surface area contributed by atoms with E-state index in [2.05, 4.69) is 25.6 Å². The van der Waals surface area contributed by atoms with Crippen LogP contribution in [0.15, 0.2) is 60.9 Å². The molecule has 0 atom stereocenters. The zero-order valence-electron chi connectivity index (χ0n) is 14.5. The predicted octanol–water partition coefficient (Wildman–Crippen LogP) is 4.94. The predicted molar refractivity (Wildman–Crippen MR) is 111 cm³/mol. The molecule has 4 aromatic rings. The van der Waals surface area contributed by atoms with Gasteiger partial charge in [-0.05, 0) is 48.0 Å². The van der Waals surface area contributed by atoms with Crippen LogP contribution >= 0.6 is 23.2 Å². The van der Waals surface area contributed by atoms with Crippen molar-refractivity contribution in [2.45, 2.75) is 6.54 Å². The second-order valence-corrected chi connectivity index (χ2v) is 6.89. The third-order valence-electron chi connectivity index (χ3n) is 4.15. The van der Waals surface area contributed by atoms with Crippen LogP contribution < -0.4 is 10.6 Å². The molecule has 140 valence electrons. The standard InChI is InChI=1S/C20H15Cl2N5O/c21-14-2-1-3-15(22)18(14)27-20-25-16-5-4-13(10-17(16)26-20)19(28)24-11-12-6-8-23-9-7-12/h1-10H,11H2,(H,24,28)(H2,25,26,27). The summed E-state index contributed by atoms with van der Waals surface area (Å²) in [5, 5.41) is 6.95. The number of fused-ring (bicyclic) bond motifs is 1. The van der Waals surface area contributed by atoms with Crippen LogP contribution in [-0.2, 0) is 6.54 Å². The zero-order chi connectivity index (χ0) is 19.5. The largest absolute Gasteiger partial charge is 0.348 e. The highest BCUT2D eigenvalue weighted by Gasteiger charge is 2.11. The molecular formula is C20H15Cl2N5O. The number of pyridine rings is 1. The monoisotopic (exact) mass is 411 g/mol. The maximum absolute atomic E-state index is 12.4. The quantitative estimate of drug-likeness (QED) is 0.434. The molecule has 0 bridgehead atoms. The molecule has 0 saturated carbocycles. The van der Waals surface area contributed by atoms with Gasteiger partial charge < -0.3 is 15.6 Å². The smallest absolute Gasteiger partial charge is 0.251 e. The molecule has 0 aliphatic carbocycles. The van der Waals surface area contributed by atoms with Crippen molar-refractivity contribution < 1.29 is 4.79 Å². The molecule has 0 aliphatic rings. The fraction of sp³-hybridized carbons (Fsp3) is 0.0500. The van der Waals surface area contributed by atoms with Crippen LogP contribution in [0.3, 0.4) is 0 Å². The van der Waals surface area contributed by atoms with Gasteiger partial charge in [0.15, 0.2) is 0 Å². The summed E-state index contributed by atoms with van der Waals surface area (Å²) >= 11 is 12.4. The number of amides is 1. The Morgan fingerprint density at radius 3 is 2.54 bits per heavy atom. The molecule has 6 nitrogen and oxygen atoms in total. The number of halogens is 2. The molecule has 28 heavy (non-hydrogen) atoms. The van der Waals surface area contributed by atoms with Crippen molar-refractivity contribution in [2.75, 3.05) is 5.32 Å². The van der Waals surface area contributed by atoms with Crippen LogP contribution in [0, 0.1) is 0 Å². The van der Waals surface area contributed by atoms with E-state index in [9.17, 15) is 4.79 Å². The van der Waals surface area contributed by atoms with Gasteiger partial charge in [0.2, 0.25) is 5.95 Å². The summed E-state index contributed by atoms with van der Waals surface area (Å²) < 4.78 is 0. The SMILES string of the molecule is O=C(NCc1ccncc1)c1ccc2[nH]c(Nc3c(Cl)cccc3Cl)nc2c1. The number of hydrogen-bond acceptors (Lipinski definition) is 4. The number of benzene rings is 2. The maximum atomic E-state index is 12.4. The molecule has 2 aromatic carbocycles. The Balaban J connectivity index is 1.52. The first-order chi connectivity index (χ1) is 13.6. The molecule has 1 amide bonds. The lowest BCUT2D eigenvalue weighted by atomic mass is 10.2. The Kier molecular flexibility index (Phi) is 5.14. The second kappa shape index (κ2) is 7.88. The van der Waals surface area contributed by atoms with Crippen LogP contribution in [-0.4, -0.2) is 20.9 Å². The molecule has 0 aliphatic heterocycles. The highest BCUT2D eigenvalue weighted by Crippen LogP contribution is 2.32. The number of nitrogens with one attached hydrogen (secondary N) is 3. The molecule has 3 N–H and O–H groups in total. The van der Waals surface area contributed by atoms with E-state index in [-0.39, 0.29) is 5.91 Å². The summed E-state index contributed by atoms with van der Waals surface area (Å²) in [5.74, 6) is 0.310. The van der Waals surface area contributed by atoms with Crippen molar-refractivity contribution >= 4 is 51.8 Å². The van der Waals surface area contributed by atoms with Crippen molar-refractivity contribution in [2.24, 2.45) is 0 Å². The van der Waals surface area contributed by atoms with Gasteiger partial charge in [-0.15, -0.1) is 0 Å². The third-order valence-corrected chi connectivity index (χ3v) is 4.78. The van der Waals surface area contributed by atoms with Gasteiger partial charge in [0.05, 0.1) is 26.8 Å². The minimum Gasteiger partial charge on any atom is -0.348 e. The highest BCUT2D eigenvalue weighted by atomic mass is 35.5. The summed E-state index contributed by atoms with van der Waals surface area (Å²) in [7, 11) is 0. The van der Waals surface area contributed by atoms with E-state index in [0.717, 1.165) is 11.1 Å². The van der Waals surface area contributed by atoms with Crippen LogP contribution in [0.4, 0.5) is 11.6 Å². The fourth-order valence-corrected chi connectivity index (χ4v) is 3.22. The first-order valence-electron chi connectivity index (χ1n) is 8.48. The average molecular weight is 412 g/mol. The van der Waals surface area contributed by atoms with E-state index in [4.69, 9.17) is 23.2 Å². The highest BCUT2D eigenvalue weighted by molar-refractivity contribution is 6.39. The van der Waals surface area contributed by atoms with Crippen molar-refractivity contribution in [3.63, 3.8) is 0 Å². The summed E-state index contributed by atoms with van der Waals surface area (Å²) in [6.45, 7) is 0.428. The molecule has 2 aromatic heterocycles. The van der Waals surface area contributed by atoms with E-state index in [0.29, 0.717) is 39.3 Å². The number of H-pyrrole nitrogens is 1. The van der Waals surface area contributed by atoms with Crippen LogP contribution in [0.2, 0.25) is 10.0 Å². The van der Waals surface area contributed by atoms with Gasteiger partial charge in [0.1, 0.15) is 0 Å². The number of para-hydroxylation sites is 1. The number of nitrogens with zero attached hydrogens (tertiary/aromatic N) is 2. The molecule has 2 heterocycles. The first-order valence-corrected chi connectivity index (χ1v) is 9.23. The van der Waals surface area contributed by atoms with E-state index >= 15 is 0 Å². The Morgan fingerprint density at radius 1 is 1.04 bits per heavy atom. The minimum absolute atomic E-state index is 0.176. The second-order valence-electron chi connectivity index (χ2n) is 6.08. The normalized spacial score (nSPS) is 10.8. The Morgan fingerprint density at radius 2 is 1.79 bits per heavy atom. The lowest BCUT2D eigenvalue weighted by Crippen LogP contribution is -2.22. The van der Waals surface area contributed by atoms with E-state index in [1.807, 2.05) is 18.2 Å². The summed E-state index contributed by atoms with van der Waals surface area (Å²) in [5.41, 5.74) is 3.52. The van der Waals surface area contributed by atoms with Gasteiger partial charge in [-0.25, -0.2) is 4.98 Å². The van der Waals surface area contributed by atoms with Crippen LogP contribution in [0.25, 0.3) is 11.0 Å². The molecule has 0 unspecified atom stereocenters. The molecule has 0 saturated heterocycles.